The van der Waals surface area contributed by atoms with Crippen LogP contribution >= 0.6 is 0 Å². The first kappa shape index (κ1) is 31.0. The lowest BCUT2D eigenvalue weighted by Gasteiger charge is -2.05. The fourth-order valence-electron chi connectivity index (χ4n) is 5.56. The molecule has 2 amide bonds. The quantitative estimate of drug-likeness (QED) is 0.368. The van der Waals surface area contributed by atoms with E-state index in [2.05, 4.69) is 26.9 Å². The fourth-order valence-corrected chi connectivity index (χ4v) is 5.56. The molecule has 0 bridgehead atoms. The number of hydrogen-bond donors (Lipinski definition) is 3. The van der Waals surface area contributed by atoms with E-state index in [1.54, 1.807) is 13.0 Å². The van der Waals surface area contributed by atoms with Gasteiger partial charge in [0.05, 0.1) is 11.6 Å². The minimum atomic E-state index is -1.19. The third kappa shape index (κ3) is 6.28. The number of H-pyrrole nitrogens is 2. The molecule has 43 heavy (non-hydrogen) atoms. The van der Waals surface area contributed by atoms with Crippen LogP contribution in [-0.4, -0.2) is 39.4 Å². The average molecular weight is 583 g/mol. The Labute approximate surface area is 249 Å². The van der Waals surface area contributed by atoms with Crippen molar-refractivity contribution in [2.24, 2.45) is 10.9 Å². The molecule has 224 valence electrons. The zero-order valence-electron chi connectivity index (χ0n) is 24.9. The molecule has 0 aromatic carbocycles. The third-order valence-electron chi connectivity index (χ3n) is 8.10. The lowest BCUT2D eigenvalue weighted by Crippen LogP contribution is -2.23. The standard InChI is InChI=1S/C33H36N4O6/c1-7-20-19(6)32(42)37-27(20)14-25-18(5)23(10-12-31(40)41)29(35-25)15-28-22(9-11-30(38)39)17(4)24(34-28)13-26-16(3)21(8-2)33(43)36-26/h7-8,13-15,19,34-35H,2,9-12H2,1,3-6H3,(H,37,42)(H,38,39)(H,40,41)/p-2/b20-7?,24-13?,27-14-,28-15-/t19-/m1/s1. The van der Waals surface area contributed by atoms with Crippen LogP contribution in [0.25, 0.3) is 18.2 Å². The van der Waals surface area contributed by atoms with E-state index < -0.39 is 11.9 Å². The van der Waals surface area contributed by atoms with Crippen LogP contribution < -0.4 is 26.2 Å². The number of amides is 2. The van der Waals surface area contributed by atoms with Crippen LogP contribution in [0.4, 0.5) is 0 Å². The van der Waals surface area contributed by atoms with Crippen molar-refractivity contribution in [3.8, 4) is 0 Å². The summed E-state index contributed by atoms with van der Waals surface area (Å²) in [5.74, 6) is -3.14. The van der Waals surface area contributed by atoms with Gasteiger partial charge in [-0.3, -0.25) is 9.59 Å². The van der Waals surface area contributed by atoms with Gasteiger partial charge in [-0.15, -0.1) is 0 Å². The Hall–Kier alpha value is -4.99. The van der Waals surface area contributed by atoms with E-state index in [0.29, 0.717) is 44.6 Å². The van der Waals surface area contributed by atoms with E-state index in [9.17, 15) is 29.4 Å². The van der Waals surface area contributed by atoms with Crippen LogP contribution in [0, 0.1) is 19.8 Å². The largest absolute Gasteiger partial charge is 0.550 e. The van der Waals surface area contributed by atoms with Gasteiger partial charge in [0.2, 0.25) is 5.91 Å². The van der Waals surface area contributed by atoms with Crippen molar-refractivity contribution in [2.75, 3.05) is 0 Å². The van der Waals surface area contributed by atoms with Crippen molar-refractivity contribution in [2.45, 2.75) is 60.3 Å². The second-order valence-electron chi connectivity index (χ2n) is 10.7. The summed E-state index contributed by atoms with van der Waals surface area (Å²) in [6.45, 7) is 12.9. The fraction of sp³-hybridized carbons (Fsp3) is 0.303. The van der Waals surface area contributed by atoms with Crippen molar-refractivity contribution < 1.29 is 29.4 Å². The van der Waals surface area contributed by atoms with Crippen LogP contribution in [-0.2, 0) is 32.0 Å². The number of aliphatic imine (C=N–C) groups is 1. The molecule has 10 nitrogen and oxygen atoms in total. The van der Waals surface area contributed by atoms with Gasteiger partial charge in [-0.2, -0.15) is 0 Å². The Balaban J connectivity index is 1.91. The Morgan fingerprint density at radius 1 is 0.907 bits per heavy atom. The number of rotatable bonds is 10. The number of allylic oxidation sites excluding steroid dienone is 3. The first-order valence-electron chi connectivity index (χ1n) is 14.0. The number of nitrogens with one attached hydrogen (secondary N) is 3. The van der Waals surface area contributed by atoms with Crippen molar-refractivity contribution in [3.05, 3.63) is 85.5 Å². The van der Waals surface area contributed by atoms with Crippen molar-refractivity contribution in [3.63, 3.8) is 0 Å². The molecule has 4 rings (SSSR count). The number of carbonyl (C=O) groups is 4. The number of aromatic nitrogens is 2. The summed E-state index contributed by atoms with van der Waals surface area (Å²) in [4.78, 5) is 58.2. The number of carbonyl (C=O) groups excluding carboxylic acids is 4. The molecular weight excluding hydrogens is 548 g/mol. The molecule has 0 spiro atoms. The van der Waals surface area contributed by atoms with Gasteiger partial charge in [0.1, 0.15) is 0 Å². The Morgan fingerprint density at radius 3 is 2.14 bits per heavy atom. The average Bonchev–Trinajstić information content (AvgIpc) is 3.59. The first-order chi connectivity index (χ1) is 20.4. The van der Waals surface area contributed by atoms with Crippen LogP contribution in [0.2, 0.25) is 0 Å². The topological polar surface area (TPSA) is 170 Å². The molecular formula is C33H34N4O6-2. The molecule has 10 heteroatoms. The highest BCUT2D eigenvalue weighted by Crippen LogP contribution is 2.29. The third-order valence-corrected chi connectivity index (χ3v) is 8.10. The zero-order chi connectivity index (χ0) is 31.6. The molecule has 4 heterocycles. The molecule has 2 aromatic heterocycles. The normalized spacial score (nSPS) is 19.7. The van der Waals surface area contributed by atoms with Crippen LogP contribution in [0.5, 0.6) is 0 Å². The molecule has 1 atom stereocenters. The van der Waals surface area contributed by atoms with E-state index in [0.717, 1.165) is 27.8 Å². The number of nitrogens with zero attached hydrogens (tertiary/aromatic N) is 1. The summed E-state index contributed by atoms with van der Waals surface area (Å²) in [5, 5.41) is 26.9. The van der Waals surface area contributed by atoms with Gasteiger partial charge in [0, 0.05) is 45.3 Å². The van der Waals surface area contributed by atoms with E-state index >= 15 is 0 Å². The van der Waals surface area contributed by atoms with Crippen LogP contribution in [0.3, 0.4) is 0 Å². The van der Waals surface area contributed by atoms with Crippen molar-refractivity contribution >= 4 is 47.7 Å². The number of carboxylic acids is 2. The molecule has 3 N–H and O–H groups in total. The summed E-state index contributed by atoms with van der Waals surface area (Å²) in [5.41, 5.74) is 7.53. The van der Waals surface area contributed by atoms with Gasteiger partial charge >= 0.3 is 0 Å². The van der Waals surface area contributed by atoms with Crippen LogP contribution in [0.15, 0.2) is 46.1 Å². The van der Waals surface area contributed by atoms with Gasteiger partial charge in [-0.1, -0.05) is 18.7 Å². The number of aromatic amines is 2. The SMILES string of the molecule is C=CC1=C(C)C(C=c2[nH]/c(=C\c3[nH]c(/C=C4\NC(=O)[C@H](C)C4=CC)c(C)c3CCC(=O)[O-])c(CCC(=O)[O-])c2C)=NC1=O. The van der Waals surface area contributed by atoms with E-state index in [-0.39, 0.29) is 43.4 Å². The summed E-state index contributed by atoms with van der Waals surface area (Å²) >= 11 is 0. The number of carboxylic acid groups (broad SMARTS) is 2. The summed E-state index contributed by atoms with van der Waals surface area (Å²) in [6, 6.07) is 0. The molecule has 1 fully saturated rings. The predicted molar refractivity (Wildman–Crippen MR) is 159 cm³/mol. The predicted octanol–water partition coefficient (Wildman–Crippen LogP) is 0.471. The maximum Gasteiger partial charge on any atom is 0.277 e. The van der Waals surface area contributed by atoms with E-state index in [1.807, 2.05) is 45.9 Å². The van der Waals surface area contributed by atoms with Crippen molar-refractivity contribution in [1.29, 1.82) is 0 Å². The summed E-state index contributed by atoms with van der Waals surface area (Å²) in [7, 11) is 0. The van der Waals surface area contributed by atoms with Crippen molar-refractivity contribution in [1.82, 2.24) is 15.3 Å². The second kappa shape index (κ2) is 12.5. The molecule has 1 saturated heterocycles. The molecule has 2 aromatic rings. The van der Waals surface area contributed by atoms with E-state index in [1.165, 1.54) is 6.08 Å². The molecule has 0 aliphatic carbocycles. The lowest BCUT2D eigenvalue weighted by molar-refractivity contribution is -0.307. The Kier molecular flexibility index (Phi) is 8.99. The molecule has 0 radical (unpaired) electrons. The Bertz CT molecular complexity index is 1810. The van der Waals surface area contributed by atoms with E-state index in [4.69, 9.17) is 0 Å². The highest BCUT2D eigenvalue weighted by atomic mass is 16.4. The zero-order valence-corrected chi connectivity index (χ0v) is 24.9. The highest BCUT2D eigenvalue weighted by Gasteiger charge is 2.29. The first-order valence-corrected chi connectivity index (χ1v) is 14.0. The smallest absolute Gasteiger partial charge is 0.277 e. The molecule has 2 aliphatic heterocycles. The minimum Gasteiger partial charge on any atom is -0.550 e. The van der Waals surface area contributed by atoms with Gasteiger partial charge in [-0.25, -0.2) is 4.99 Å². The summed E-state index contributed by atoms with van der Waals surface area (Å²) in [6.07, 6.45) is 8.73. The van der Waals surface area contributed by atoms with Gasteiger partial charge < -0.3 is 35.1 Å². The molecule has 0 saturated carbocycles. The monoisotopic (exact) mass is 582 g/mol. The molecule has 2 aliphatic rings. The maximum absolute atomic E-state index is 12.3. The number of hydrogen-bond acceptors (Lipinski definition) is 6. The van der Waals surface area contributed by atoms with Gasteiger partial charge in [0.15, 0.2) is 0 Å². The minimum absolute atomic E-state index is 0.102. The van der Waals surface area contributed by atoms with Gasteiger partial charge in [-0.05, 0) is 112 Å². The molecule has 0 unspecified atom stereocenters. The second-order valence-corrected chi connectivity index (χ2v) is 10.7. The Morgan fingerprint density at radius 2 is 1.56 bits per heavy atom. The maximum atomic E-state index is 12.3. The van der Waals surface area contributed by atoms with Crippen LogP contribution in [0.1, 0.15) is 67.3 Å². The lowest BCUT2D eigenvalue weighted by atomic mass is 10.00. The number of aliphatic carboxylic acids is 2. The van der Waals surface area contributed by atoms with Gasteiger partial charge in [0.25, 0.3) is 5.91 Å². The highest BCUT2D eigenvalue weighted by molar-refractivity contribution is 6.31. The summed E-state index contributed by atoms with van der Waals surface area (Å²) < 4.78 is 0.